The molecule has 2 aromatic carbocycles. The standard InChI is InChI=1S/C14H11FO2/c1-17-12-7-5-10(6-8-12)14-11(9-16)3-2-4-13(14)15/h2-9H,1H3. The SMILES string of the molecule is COc1ccc(-c2c(F)cccc2C=O)cc1. The van der Waals surface area contributed by atoms with Crippen LogP contribution in [0.4, 0.5) is 4.39 Å². The van der Waals surface area contributed by atoms with Gasteiger partial charge in [-0.15, -0.1) is 0 Å². The van der Waals surface area contributed by atoms with E-state index in [2.05, 4.69) is 0 Å². The molecule has 86 valence electrons. The van der Waals surface area contributed by atoms with Crippen LogP contribution in [0.3, 0.4) is 0 Å². The number of carbonyl (C=O) groups is 1. The van der Waals surface area contributed by atoms with E-state index in [0.29, 0.717) is 28.7 Å². The second-order valence-corrected chi connectivity index (χ2v) is 3.55. The molecule has 0 amide bonds. The van der Waals surface area contributed by atoms with E-state index in [1.807, 2.05) is 0 Å². The minimum atomic E-state index is -0.403. The number of rotatable bonds is 3. The summed E-state index contributed by atoms with van der Waals surface area (Å²) in [7, 11) is 1.56. The summed E-state index contributed by atoms with van der Waals surface area (Å²) in [5.41, 5.74) is 1.33. The van der Waals surface area contributed by atoms with Crippen LogP contribution in [-0.2, 0) is 0 Å². The van der Waals surface area contributed by atoms with Gasteiger partial charge >= 0.3 is 0 Å². The molecule has 2 aromatic rings. The van der Waals surface area contributed by atoms with E-state index >= 15 is 0 Å². The van der Waals surface area contributed by atoms with Crippen LogP contribution in [0.1, 0.15) is 10.4 Å². The van der Waals surface area contributed by atoms with E-state index in [1.165, 1.54) is 12.1 Å². The minimum Gasteiger partial charge on any atom is -0.497 e. The molecular formula is C14H11FO2. The maximum Gasteiger partial charge on any atom is 0.150 e. The molecule has 0 aromatic heterocycles. The number of benzene rings is 2. The molecule has 0 atom stereocenters. The zero-order valence-electron chi connectivity index (χ0n) is 9.31. The molecule has 0 aliphatic heterocycles. The lowest BCUT2D eigenvalue weighted by atomic mass is 10.00. The first kappa shape index (κ1) is 11.3. The Morgan fingerprint density at radius 1 is 1.12 bits per heavy atom. The Balaban J connectivity index is 2.55. The van der Waals surface area contributed by atoms with E-state index in [-0.39, 0.29) is 0 Å². The summed E-state index contributed by atoms with van der Waals surface area (Å²) < 4.78 is 18.7. The van der Waals surface area contributed by atoms with Crippen LogP contribution in [0, 0.1) is 5.82 Å². The second-order valence-electron chi connectivity index (χ2n) is 3.55. The molecule has 0 aliphatic carbocycles. The van der Waals surface area contributed by atoms with Crippen molar-refractivity contribution in [1.82, 2.24) is 0 Å². The van der Waals surface area contributed by atoms with E-state index < -0.39 is 5.82 Å². The zero-order chi connectivity index (χ0) is 12.3. The lowest BCUT2D eigenvalue weighted by molar-refractivity contribution is 0.112. The van der Waals surface area contributed by atoms with Crippen molar-refractivity contribution in [2.45, 2.75) is 0 Å². The summed E-state index contributed by atoms with van der Waals surface area (Å²) >= 11 is 0. The Hall–Kier alpha value is -2.16. The van der Waals surface area contributed by atoms with Gasteiger partial charge in [-0.2, -0.15) is 0 Å². The normalized spacial score (nSPS) is 10.0. The molecule has 0 radical (unpaired) electrons. The predicted molar refractivity (Wildman–Crippen MR) is 63.8 cm³/mol. The molecule has 2 nitrogen and oxygen atoms in total. The van der Waals surface area contributed by atoms with Gasteiger partial charge in [0.2, 0.25) is 0 Å². The van der Waals surface area contributed by atoms with Gasteiger partial charge in [0, 0.05) is 11.1 Å². The highest BCUT2D eigenvalue weighted by molar-refractivity contribution is 5.87. The monoisotopic (exact) mass is 230 g/mol. The molecule has 0 unspecified atom stereocenters. The molecule has 0 bridgehead atoms. The summed E-state index contributed by atoms with van der Waals surface area (Å²) in [6.07, 6.45) is 0.655. The number of hydrogen-bond donors (Lipinski definition) is 0. The van der Waals surface area contributed by atoms with Gasteiger partial charge in [-0.3, -0.25) is 4.79 Å². The third-order valence-electron chi connectivity index (χ3n) is 2.55. The Morgan fingerprint density at radius 3 is 2.41 bits per heavy atom. The average Bonchev–Trinajstić information content (AvgIpc) is 2.38. The summed E-state index contributed by atoms with van der Waals surface area (Å²) in [6.45, 7) is 0. The Morgan fingerprint density at radius 2 is 1.82 bits per heavy atom. The fourth-order valence-electron chi connectivity index (χ4n) is 1.70. The quantitative estimate of drug-likeness (QED) is 0.756. The fourth-order valence-corrected chi connectivity index (χ4v) is 1.70. The van der Waals surface area contributed by atoms with Gasteiger partial charge in [-0.25, -0.2) is 4.39 Å². The summed E-state index contributed by atoms with van der Waals surface area (Å²) in [5, 5.41) is 0. The van der Waals surface area contributed by atoms with Crippen molar-refractivity contribution in [2.24, 2.45) is 0 Å². The van der Waals surface area contributed by atoms with Crippen LogP contribution >= 0.6 is 0 Å². The van der Waals surface area contributed by atoms with Crippen LogP contribution in [0.5, 0.6) is 5.75 Å². The van der Waals surface area contributed by atoms with Gasteiger partial charge < -0.3 is 4.74 Å². The van der Waals surface area contributed by atoms with Gasteiger partial charge in [0.1, 0.15) is 11.6 Å². The maximum atomic E-state index is 13.7. The number of hydrogen-bond acceptors (Lipinski definition) is 2. The largest absolute Gasteiger partial charge is 0.497 e. The topological polar surface area (TPSA) is 26.3 Å². The van der Waals surface area contributed by atoms with Crippen LogP contribution in [0.25, 0.3) is 11.1 Å². The Labute approximate surface area is 98.7 Å². The van der Waals surface area contributed by atoms with Crippen molar-refractivity contribution in [2.75, 3.05) is 7.11 Å². The molecule has 2 rings (SSSR count). The number of halogens is 1. The van der Waals surface area contributed by atoms with Crippen molar-refractivity contribution in [3.8, 4) is 16.9 Å². The molecule has 0 saturated carbocycles. The van der Waals surface area contributed by atoms with E-state index in [1.54, 1.807) is 37.4 Å². The van der Waals surface area contributed by atoms with Crippen LogP contribution in [0.15, 0.2) is 42.5 Å². The van der Waals surface area contributed by atoms with Crippen LogP contribution in [0.2, 0.25) is 0 Å². The van der Waals surface area contributed by atoms with Crippen molar-refractivity contribution >= 4 is 6.29 Å². The van der Waals surface area contributed by atoms with Gasteiger partial charge in [0.25, 0.3) is 0 Å². The number of aldehydes is 1. The number of carbonyl (C=O) groups excluding carboxylic acids is 1. The third-order valence-corrected chi connectivity index (χ3v) is 2.55. The lowest BCUT2D eigenvalue weighted by Crippen LogP contribution is -1.92. The first-order valence-corrected chi connectivity index (χ1v) is 5.14. The third kappa shape index (κ3) is 2.18. The number of ether oxygens (including phenoxy) is 1. The molecule has 3 heteroatoms. The molecule has 0 saturated heterocycles. The summed E-state index contributed by atoms with van der Waals surface area (Å²) in [6, 6.07) is 11.4. The fraction of sp³-hybridized carbons (Fsp3) is 0.0714. The average molecular weight is 230 g/mol. The lowest BCUT2D eigenvalue weighted by Gasteiger charge is -2.07. The van der Waals surface area contributed by atoms with Gasteiger partial charge in [-0.05, 0) is 23.8 Å². The predicted octanol–water partition coefficient (Wildman–Crippen LogP) is 3.31. The van der Waals surface area contributed by atoms with Crippen LogP contribution < -0.4 is 4.74 Å². The smallest absolute Gasteiger partial charge is 0.150 e. The van der Waals surface area contributed by atoms with E-state index in [9.17, 15) is 9.18 Å². The summed E-state index contributed by atoms with van der Waals surface area (Å²) in [5.74, 6) is 0.289. The molecule has 0 heterocycles. The van der Waals surface area contributed by atoms with E-state index in [0.717, 1.165) is 0 Å². The highest BCUT2D eigenvalue weighted by Gasteiger charge is 2.10. The van der Waals surface area contributed by atoms with Crippen molar-refractivity contribution < 1.29 is 13.9 Å². The number of methoxy groups -OCH3 is 1. The molecule has 0 spiro atoms. The first-order chi connectivity index (χ1) is 8.26. The van der Waals surface area contributed by atoms with Gasteiger partial charge in [0.15, 0.2) is 6.29 Å². The molecule has 0 aliphatic rings. The van der Waals surface area contributed by atoms with Crippen molar-refractivity contribution in [3.05, 3.63) is 53.8 Å². The zero-order valence-corrected chi connectivity index (χ0v) is 9.31. The Bertz CT molecular complexity index is 532. The minimum absolute atomic E-state index is 0.324. The van der Waals surface area contributed by atoms with Crippen LogP contribution in [-0.4, -0.2) is 13.4 Å². The summed E-state index contributed by atoms with van der Waals surface area (Å²) in [4.78, 5) is 10.9. The van der Waals surface area contributed by atoms with E-state index in [4.69, 9.17) is 4.74 Å². The highest BCUT2D eigenvalue weighted by atomic mass is 19.1. The highest BCUT2D eigenvalue weighted by Crippen LogP contribution is 2.27. The van der Waals surface area contributed by atoms with Crippen molar-refractivity contribution in [1.29, 1.82) is 0 Å². The van der Waals surface area contributed by atoms with Gasteiger partial charge in [-0.1, -0.05) is 24.3 Å². The molecule has 0 fully saturated rings. The first-order valence-electron chi connectivity index (χ1n) is 5.14. The molecule has 0 N–H and O–H groups in total. The Kier molecular flexibility index (Phi) is 3.19. The second kappa shape index (κ2) is 4.78. The molecule has 17 heavy (non-hydrogen) atoms. The van der Waals surface area contributed by atoms with Crippen molar-refractivity contribution in [3.63, 3.8) is 0 Å². The van der Waals surface area contributed by atoms with Gasteiger partial charge in [0.05, 0.1) is 7.11 Å². The maximum absolute atomic E-state index is 13.7. The molecular weight excluding hydrogens is 219 g/mol.